The van der Waals surface area contributed by atoms with Crippen LogP contribution in [0.2, 0.25) is 0 Å². The molecule has 0 bridgehead atoms. The fraction of sp³-hybridized carbons (Fsp3) is 1.00. The first-order chi connectivity index (χ1) is 31.8. The van der Waals surface area contributed by atoms with Crippen LogP contribution in [0, 0.1) is 71.0 Å². The predicted octanol–water partition coefficient (Wildman–Crippen LogP) is 17.5. The second-order valence-corrected chi connectivity index (χ2v) is 27.0. The minimum absolute atomic E-state index is 0.931. The zero-order valence-corrected chi connectivity index (χ0v) is 42.4. The van der Waals surface area contributed by atoms with Crippen LogP contribution in [0.1, 0.15) is 283 Å². The van der Waals surface area contributed by atoms with E-state index >= 15 is 0 Å². The monoisotopic (exact) mass is 879 g/mol. The largest absolute Gasteiger partial charge is 0.294 e. The van der Waals surface area contributed by atoms with Gasteiger partial charge in [-0.1, -0.05) is 141 Å². The van der Waals surface area contributed by atoms with Crippen LogP contribution in [0.25, 0.3) is 0 Å². The summed E-state index contributed by atoms with van der Waals surface area (Å²) in [7, 11) is 0. The Bertz CT molecular complexity index is 1200. The van der Waals surface area contributed by atoms with Gasteiger partial charge in [0.25, 0.3) is 0 Å². The van der Waals surface area contributed by atoms with Crippen molar-refractivity contribution < 1.29 is 0 Å². The Kier molecular flexibility index (Phi) is 16.2. The van der Waals surface area contributed by atoms with Crippen molar-refractivity contribution in [1.29, 1.82) is 0 Å². The van der Waals surface area contributed by atoms with Crippen LogP contribution in [0.4, 0.5) is 0 Å². The van der Waals surface area contributed by atoms with E-state index in [-0.39, 0.29) is 0 Å². The van der Waals surface area contributed by atoms with Crippen LogP contribution in [-0.4, -0.2) is 46.1 Å². The van der Waals surface area contributed by atoms with E-state index in [2.05, 4.69) is 9.80 Å². The number of hydrogen-bond acceptors (Lipinski definition) is 2. The van der Waals surface area contributed by atoms with Gasteiger partial charge in [-0.05, 0) is 212 Å². The topological polar surface area (TPSA) is 6.48 Å². The van der Waals surface area contributed by atoms with Gasteiger partial charge in [-0.3, -0.25) is 9.80 Å². The molecule has 0 heterocycles. The van der Waals surface area contributed by atoms with Gasteiger partial charge in [0, 0.05) is 36.3 Å². The first-order valence-corrected chi connectivity index (χ1v) is 31.3. The lowest BCUT2D eigenvalue weighted by atomic mass is 9.44. The molecule has 2 heteroatoms. The summed E-state index contributed by atoms with van der Waals surface area (Å²) in [6.07, 6.45) is 68.7. The summed E-state index contributed by atoms with van der Waals surface area (Å²) in [6.45, 7) is 0. The summed E-state index contributed by atoms with van der Waals surface area (Å²) in [6, 6.07) is 5.61. The lowest BCUT2D eigenvalue weighted by molar-refractivity contribution is -0.119. The Morgan fingerprint density at radius 3 is 0.719 bits per heavy atom. The molecule has 8 unspecified atom stereocenters. The number of hydrogen-bond donors (Lipinski definition) is 0. The predicted molar refractivity (Wildman–Crippen MR) is 271 cm³/mol. The van der Waals surface area contributed by atoms with E-state index in [4.69, 9.17) is 0 Å². The molecule has 0 aromatic rings. The lowest BCUT2D eigenvalue weighted by Crippen LogP contribution is -2.54. The van der Waals surface area contributed by atoms with Gasteiger partial charge in [-0.2, -0.15) is 0 Å². The van der Waals surface area contributed by atoms with Crippen LogP contribution < -0.4 is 0 Å². The van der Waals surface area contributed by atoms with E-state index in [0.29, 0.717) is 0 Å². The van der Waals surface area contributed by atoms with E-state index in [0.717, 1.165) is 107 Å². The van der Waals surface area contributed by atoms with Gasteiger partial charge in [0.15, 0.2) is 0 Å². The van der Waals surface area contributed by atoms with Crippen molar-refractivity contribution in [2.75, 3.05) is 0 Å². The quantitative estimate of drug-likeness (QED) is 0.216. The van der Waals surface area contributed by atoms with Gasteiger partial charge in [-0.25, -0.2) is 0 Å². The SMILES string of the molecule is C1CCC(N(C2CCCCC2)C2CCC(C3CCCC(C4C5CCCCC5C(C5CCCC(C6CCC(N(C7CCCCC7)C7CCCCC7)CC6)C5)C5CCCCC54)C3)CC2)CC1. The Morgan fingerprint density at radius 1 is 0.172 bits per heavy atom. The molecule has 0 aliphatic heterocycles. The molecule has 11 aliphatic carbocycles. The lowest BCUT2D eigenvalue weighted by Gasteiger charge is -2.61. The Hall–Kier alpha value is -0.0800. The Labute approximate surface area is 397 Å². The highest BCUT2D eigenvalue weighted by atomic mass is 15.2. The fourth-order valence-electron chi connectivity index (χ4n) is 21.5. The molecule has 64 heavy (non-hydrogen) atoms. The van der Waals surface area contributed by atoms with Gasteiger partial charge in [0.05, 0.1) is 0 Å². The molecule has 0 aromatic heterocycles. The first-order valence-electron chi connectivity index (χ1n) is 31.3. The smallest absolute Gasteiger partial charge is 0.0101 e. The van der Waals surface area contributed by atoms with Crippen molar-refractivity contribution in [3.63, 3.8) is 0 Å². The van der Waals surface area contributed by atoms with Gasteiger partial charge in [-0.15, -0.1) is 0 Å². The minimum atomic E-state index is 0.931. The maximum Gasteiger partial charge on any atom is 0.0101 e. The molecule has 0 N–H and O–H groups in total. The maximum absolute atomic E-state index is 3.26. The summed E-state index contributed by atoms with van der Waals surface area (Å²) in [5.41, 5.74) is 0. The van der Waals surface area contributed by atoms with Crippen LogP contribution in [0.15, 0.2) is 0 Å². The molecule has 8 atom stereocenters. The summed E-state index contributed by atoms with van der Waals surface area (Å²) in [4.78, 5) is 6.51. The highest BCUT2D eigenvalue weighted by Gasteiger charge is 2.56. The third-order valence-electron chi connectivity index (χ3n) is 24.0. The zero-order valence-electron chi connectivity index (χ0n) is 42.4. The van der Waals surface area contributed by atoms with E-state index in [9.17, 15) is 0 Å². The molecule has 2 nitrogen and oxygen atoms in total. The Morgan fingerprint density at radius 2 is 0.422 bits per heavy atom. The van der Waals surface area contributed by atoms with Gasteiger partial charge in [0.2, 0.25) is 0 Å². The molecule has 0 radical (unpaired) electrons. The van der Waals surface area contributed by atoms with Gasteiger partial charge < -0.3 is 0 Å². The van der Waals surface area contributed by atoms with Crippen LogP contribution in [-0.2, 0) is 0 Å². The maximum atomic E-state index is 3.26. The van der Waals surface area contributed by atoms with Crippen LogP contribution in [0.5, 0.6) is 0 Å². The first kappa shape index (κ1) is 46.3. The number of fused-ring (bicyclic) bond motifs is 2. The second-order valence-electron chi connectivity index (χ2n) is 27.0. The molecule has 0 saturated heterocycles. The second kappa shape index (κ2) is 22.3. The third kappa shape index (κ3) is 10.2. The normalized spacial score (nSPS) is 44.3. The molecule has 11 saturated carbocycles. The molecular weight excluding hydrogens is 773 g/mol. The fourth-order valence-corrected chi connectivity index (χ4v) is 21.5. The standard InChI is InChI=1S/C62H106N2/c1-5-23-51(24-6-1)63(52-25-7-2-8-26-52)55-39-35-45(36-40-55)47-19-17-21-49(43-47)61-57-31-13-15-33-59(57)62(60-34-16-14-32-58(60)61)50-22-18-20-48(44-50)46-37-41-56(42-38-46)64(53-27-9-3-10-28-53)54-29-11-4-12-30-54/h45-62H,1-44H2. The third-order valence-corrected chi connectivity index (χ3v) is 24.0. The van der Waals surface area contributed by atoms with Crippen LogP contribution in [0.3, 0.4) is 0 Å². The highest BCUT2D eigenvalue weighted by molar-refractivity contribution is 5.05. The van der Waals surface area contributed by atoms with E-state index in [1.54, 1.807) is 154 Å². The molecule has 364 valence electrons. The summed E-state index contributed by atoms with van der Waals surface area (Å²) in [5, 5.41) is 0. The molecule has 0 amide bonds. The number of rotatable bonds is 10. The van der Waals surface area contributed by atoms with Crippen LogP contribution >= 0.6 is 0 Å². The van der Waals surface area contributed by atoms with E-state index in [1.807, 2.05) is 0 Å². The molecule has 11 fully saturated rings. The average molecular weight is 880 g/mol. The van der Waals surface area contributed by atoms with Crippen molar-refractivity contribution >= 4 is 0 Å². The zero-order chi connectivity index (χ0) is 42.7. The van der Waals surface area contributed by atoms with Crippen molar-refractivity contribution in [1.82, 2.24) is 9.80 Å². The summed E-state index contributed by atoms with van der Waals surface area (Å²) >= 11 is 0. The molecular formula is C62H106N2. The van der Waals surface area contributed by atoms with Crippen molar-refractivity contribution in [3.05, 3.63) is 0 Å². The van der Waals surface area contributed by atoms with E-state index in [1.165, 1.54) is 128 Å². The molecule has 0 spiro atoms. The van der Waals surface area contributed by atoms with Gasteiger partial charge >= 0.3 is 0 Å². The van der Waals surface area contributed by atoms with Crippen molar-refractivity contribution in [2.24, 2.45) is 71.0 Å². The Balaban J connectivity index is 0.737. The van der Waals surface area contributed by atoms with E-state index < -0.39 is 0 Å². The highest BCUT2D eigenvalue weighted by Crippen LogP contribution is 2.63. The summed E-state index contributed by atoms with van der Waals surface area (Å²) in [5.74, 6) is 13.1. The molecule has 11 rings (SSSR count). The van der Waals surface area contributed by atoms with Gasteiger partial charge in [0.1, 0.15) is 0 Å². The summed E-state index contributed by atoms with van der Waals surface area (Å²) < 4.78 is 0. The van der Waals surface area contributed by atoms with Crippen molar-refractivity contribution in [3.8, 4) is 0 Å². The number of nitrogens with zero attached hydrogens (tertiary/aromatic N) is 2. The minimum Gasteiger partial charge on any atom is -0.294 e. The molecule has 0 aromatic carbocycles. The average Bonchev–Trinajstić information content (AvgIpc) is 3.37. The molecule has 11 aliphatic rings. The van der Waals surface area contributed by atoms with Crippen molar-refractivity contribution in [2.45, 2.75) is 319 Å².